The van der Waals surface area contributed by atoms with Crippen LogP contribution in [0.5, 0.6) is 0 Å². The van der Waals surface area contributed by atoms with Gasteiger partial charge in [0.15, 0.2) is 5.16 Å². The molecule has 6 nitrogen and oxygen atoms in total. The topological polar surface area (TPSA) is 71.2 Å². The standard InChI is InChI=1S/C12H20N4O2S/c1-9(2)16-8-13-14-12(16)19-7-11(18)15-4-3-10(5-15)6-17/h8-10,17H,3-7H2,1-2H3. The van der Waals surface area contributed by atoms with Gasteiger partial charge in [-0.05, 0) is 20.3 Å². The van der Waals surface area contributed by atoms with Crippen molar-refractivity contribution in [3.63, 3.8) is 0 Å². The third-order valence-corrected chi connectivity index (χ3v) is 4.26. The molecule has 1 aliphatic heterocycles. The average Bonchev–Trinajstić information content (AvgIpc) is 3.04. The Kier molecular flexibility index (Phi) is 4.81. The molecule has 0 aromatic carbocycles. The van der Waals surface area contributed by atoms with Crippen LogP contribution in [0.1, 0.15) is 26.3 Å². The first-order chi connectivity index (χ1) is 9.11. The molecule has 0 spiro atoms. The highest BCUT2D eigenvalue weighted by Crippen LogP contribution is 2.21. The molecule has 0 radical (unpaired) electrons. The van der Waals surface area contributed by atoms with Crippen molar-refractivity contribution in [3.8, 4) is 0 Å². The minimum absolute atomic E-state index is 0.110. The van der Waals surface area contributed by atoms with Crippen molar-refractivity contribution in [2.45, 2.75) is 31.5 Å². The minimum Gasteiger partial charge on any atom is -0.396 e. The van der Waals surface area contributed by atoms with Crippen LogP contribution in [0, 0.1) is 5.92 Å². The maximum Gasteiger partial charge on any atom is 0.233 e. The maximum absolute atomic E-state index is 12.0. The van der Waals surface area contributed by atoms with E-state index in [1.54, 1.807) is 6.33 Å². The molecule has 7 heteroatoms. The lowest BCUT2D eigenvalue weighted by molar-refractivity contribution is -0.127. The Morgan fingerprint density at radius 1 is 1.63 bits per heavy atom. The van der Waals surface area contributed by atoms with Gasteiger partial charge >= 0.3 is 0 Å². The first-order valence-electron chi connectivity index (χ1n) is 6.52. The van der Waals surface area contributed by atoms with Crippen LogP contribution >= 0.6 is 11.8 Å². The summed E-state index contributed by atoms with van der Waals surface area (Å²) in [5.41, 5.74) is 0. The first-order valence-corrected chi connectivity index (χ1v) is 7.51. The highest BCUT2D eigenvalue weighted by molar-refractivity contribution is 7.99. The molecule has 1 fully saturated rings. The van der Waals surface area contributed by atoms with Gasteiger partial charge in [-0.3, -0.25) is 4.79 Å². The lowest BCUT2D eigenvalue weighted by atomic mass is 10.1. The van der Waals surface area contributed by atoms with E-state index in [-0.39, 0.29) is 24.5 Å². The lowest BCUT2D eigenvalue weighted by Crippen LogP contribution is -2.30. The first kappa shape index (κ1) is 14.3. The van der Waals surface area contributed by atoms with Crippen molar-refractivity contribution in [2.75, 3.05) is 25.4 Å². The van der Waals surface area contributed by atoms with Crippen LogP contribution in [0.15, 0.2) is 11.5 Å². The van der Waals surface area contributed by atoms with Crippen molar-refractivity contribution >= 4 is 17.7 Å². The summed E-state index contributed by atoms with van der Waals surface area (Å²) in [5.74, 6) is 0.733. The highest BCUT2D eigenvalue weighted by atomic mass is 32.2. The van der Waals surface area contributed by atoms with E-state index in [2.05, 4.69) is 24.0 Å². The normalized spacial score (nSPS) is 19.4. The molecule has 19 heavy (non-hydrogen) atoms. The van der Waals surface area contributed by atoms with Gasteiger partial charge in [0.05, 0.1) is 5.75 Å². The lowest BCUT2D eigenvalue weighted by Gasteiger charge is -2.16. The van der Waals surface area contributed by atoms with Crippen LogP contribution in [-0.4, -0.2) is 56.1 Å². The Balaban J connectivity index is 1.85. The van der Waals surface area contributed by atoms with Crippen molar-refractivity contribution < 1.29 is 9.90 Å². The number of carbonyl (C=O) groups is 1. The van der Waals surface area contributed by atoms with Crippen LogP contribution in [0.2, 0.25) is 0 Å². The second kappa shape index (κ2) is 6.38. The quantitative estimate of drug-likeness (QED) is 0.810. The fourth-order valence-electron chi connectivity index (χ4n) is 2.12. The van der Waals surface area contributed by atoms with E-state index >= 15 is 0 Å². The highest BCUT2D eigenvalue weighted by Gasteiger charge is 2.25. The number of hydrogen-bond donors (Lipinski definition) is 1. The van der Waals surface area contributed by atoms with Crippen molar-refractivity contribution in [1.29, 1.82) is 0 Å². The Hall–Kier alpha value is -1.08. The van der Waals surface area contributed by atoms with E-state index in [0.29, 0.717) is 12.3 Å². The molecule has 1 aromatic heterocycles. The van der Waals surface area contributed by atoms with Gasteiger partial charge in [0.2, 0.25) is 5.91 Å². The van der Waals surface area contributed by atoms with Gasteiger partial charge in [-0.15, -0.1) is 10.2 Å². The number of hydrogen-bond acceptors (Lipinski definition) is 5. The van der Waals surface area contributed by atoms with E-state index in [0.717, 1.165) is 18.1 Å². The molecule has 0 bridgehead atoms. The molecule has 1 aliphatic rings. The zero-order valence-electron chi connectivity index (χ0n) is 11.3. The summed E-state index contributed by atoms with van der Waals surface area (Å²) in [6.45, 7) is 5.70. The predicted octanol–water partition coefficient (Wildman–Crippen LogP) is 0.792. The molecule has 2 rings (SSSR count). The predicted molar refractivity (Wildman–Crippen MR) is 72.9 cm³/mol. The van der Waals surface area contributed by atoms with E-state index in [1.807, 2.05) is 9.47 Å². The molecule has 1 saturated heterocycles. The van der Waals surface area contributed by atoms with Gasteiger partial charge in [-0.1, -0.05) is 11.8 Å². The van der Waals surface area contributed by atoms with Crippen molar-refractivity contribution in [3.05, 3.63) is 6.33 Å². The van der Waals surface area contributed by atoms with Crippen LogP contribution in [0.25, 0.3) is 0 Å². The van der Waals surface area contributed by atoms with E-state index in [4.69, 9.17) is 5.11 Å². The van der Waals surface area contributed by atoms with Crippen molar-refractivity contribution in [2.24, 2.45) is 5.92 Å². The monoisotopic (exact) mass is 284 g/mol. The molecule has 106 valence electrons. The number of thioether (sulfide) groups is 1. The van der Waals surface area contributed by atoms with Crippen LogP contribution in [0.4, 0.5) is 0 Å². The van der Waals surface area contributed by atoms with Gasteiger partial charge in [-0.2, -0.15) is 0 Å². The van der Waals surface area contributed by atoms with Gasteiger partial charge in [0, 0.05) is 31.7 Å². The average molecular weight is 284 g/mol. The largest absolute Gasteiger partial charge is 0.396 e. The zero-order chi connectivity index (χ0) is 13.8. The third-order valence-electron chi connectivity index (χ3n) is 3.32. The fraction of sp³-hybridized carbons (Fsp3) is 0.750. The molecule has 1 amide bonds. The van der Waals surface area contributed by atoms with E-state index in [1.165, 1.54) is 11.8 Å². The Bertz CT molecular complexity index is 435. The number of aromatic nitrogens is 3. The van der Waals surface area contributed by atoms with Crippen LogP contribution < -0.4 is 0 Å². The molecular formula is C12H20N4O2S. The summed E-state index contributed by atoms with van der Waals surface area (Å²) in [4.78, 5) is 13.9. The summed E-state index contributed by atoms with van der Waals surface area (Å²) >= 11 is 1.42. The zero-order valence-corrected chi connectivity index (χ0v) is 12.1. The number of aliphatic hydroxyl groups is 1. The second-order valence-electron chi connectivity index (χ2n) is 5.08. The Labute approximate surface area is 117 Å². The molecule has 1 aromatic rings. The smallest absolute Gasteiger partial charge is 0.233 e. The van der Waals surface area contributed by atoms with Gasteiger partial charge in [-0.25, -0.2) is 0 Å². The molecular weight excluding hydrogens is 264 g/mol. The summed E-state index contributed by atoms with van der Waals surface area (Å²) in [5, 5.41) is 17.8. The Morgan fingerprint density at radius 3 is 3.05 bits per heavy atom. The van der Waals surface area contributed by atoms with Crippen LogP contribution in [-0.2, 0) is 4.79 Å². The van der Waals surface area contributed by atoms with Gasteiger partial charge < -0.3 is 14.6 Å². The number of nitrogens with zero attached hydrogens (tertiary/aromatic N) is 4. The molecule has 1 atom stereocenters. The number of likely N-dealkylation sites (tertiary alicyclic amines) is 1. The second-order valence-corrected chi connectivity index (χ2v) is 6.02. The number of carbonyl (C=O) groups excluding carboxylic acids is 1. The Morgan fingerprint density at radius 2 is 2.42 bits per heavy atom. The van der Waals surface area contributed by atoms with Gasteiger partial charge in [0.1, 0.15) is 6.33 Å². The van der Waals surface area contributed by atoms with E-state index in [9.17, 15) is 4.79 Å². The minimum atomic E-state index is 0.110. The number of aliphatic hydroxyl groups excluding tert-OH is 1. The van der Waals surface area contributed by atoms with Crippen molar-refractivity contribution in [1.82, 2.24) is 19.7 Å². The van der Waals surface area contributed by atoms with Crippen LogP contribution in [0.3, 0.4) is 0 Å². The molecule has 2 heterocycles. The summed E-state index contributed by atoms with van der Waals surface area (Å²) in [6, 6.07) is 0.290. The number of amides is 1. The fourth-order valence-corrected chi connectivity index (χ4v) is 3.06. The molecule has 1 N–H and O–H groups in total. The molecule has 0 aliphatic carbocycles. The third kappa shape index (κ3) is 3.48. The molecule has 0 saturated carbocycles. The summed E-state index contributed by atoms with van der Waals surface area (Å²) in [6.07, 6.45) is 2.59. The summed E-state index contributed by atoms with van der Waals surface area (Å²) < 4.78 is 1.96. The van der Waals surface area contributed by atoms with E-state index < -0.39 is 0 Å². The number of rotatable bonds is 5. The molecule has 1 unspecified atom stereocenters. The van der Waals surface area contributed by atoms with Gasteiger partial charge in [0.25, 0.3) is 0 Å². The SMILES string of the molecule is CC(C)n1cnnc1SCC(=O)N1CCC(CO)C1. The maximum atomic E-state index is 12.0. The summed E-state index contributed by atoms with van der Waals surface area (Å²) in [7, 11) is 0.